The maximum atomic E-state index is 12.3. The Balaban J connectivity index is 1.91. The summed E-state index contributed by atoms with van der Waals surface area (Å²) < 4.78 is 21.6. The van der Waals surface area contributed by atoms with E-state index in [9.17, 15) is 19.0 Å². The molecule has 26 heavy (non-hydrogen) atoms. The normalized spacial score (nSPS) is 12.8. The Kier molecular flexibility index (Phi) is 7.04. The molecule has 0 bridgehead atoms. The zero-order chi connectivity index (χ0) is 19.0. The molecule has 1 atom stereocenters. The van der Waals surface area contributed by atoms with Crippen LogP contribution in [0.4, 0.5) is 0 Å². The molecular weight excluding hydrogens is 355 g/mol. The van der Waals surface area contributed by atoms with Gasteiger partial charge in [0.05, 0.1) is 12.8 Å². The summed E-state index contributed by atoms with van der Waals surface area (Å²) in [5, 5.41) is 0. The van der Waals surface area contributed by atoms with E-state index in [-0.39, 0.29) is 25.2 Å². The van der Waals surface area contributed by atoms with Gasteiger partial charge in [-0.1, -0.05) is 61.2 Å². The van der Waals surface area contributed by atoms with Gasteiger partial charge >= 0.3 is 13.6 Å². The zero-order valence-corrected chi connectivity index (χ0v) is 14.9. The minimum Gasteiger partial charge on any atom is -0.460 e. The first-order valence-corrected chi connectivity index (χ1v) is 9.62. The van der Waals surface area contributed by atoms with E-state index < -0.39 is 13.6 Å². The summed E-state index contributed by atoms with van der Waals surface area (Å²) in [6, 6.07) is 15.3. The highest BCUT2D eigenvalue weighted by Gasteiger charge is 2.20. The van der Waals surface area contributed by atoms with Crippen LogP contribution in [0.5, 0.6) is 0 Å². The average molecular weight is 374 g/mol. The third-order valence-corrected chi connectivity index (χ3v) is 4.77. The lowest BCUT2D eigenvalue weighted by Gasteiger charge is -2.12. The molecule has 0 heterocycles. The number of hydrogen-bond donors (Lipinski definition) is 1. The second kappa shape index (κ2) is 9.25. The maximum absolute atomic E-state index is 12.3. The van der Waals surface area contributed by atoms with Gasteiger partial charge in [-0.15, -0.1) is 0 Å². The largest absolute Gasteiger partial charge is 0.460 e. The molecule has 7 heteroatoms. The number of ether oxygens (including phenoxy) is 1. The van der Waals surface area contributed by atoms with Crippen molar-refractivity contribution in [3.63, 3.8) is 0 Å². The van der Waals surface area contributed by atoms with E-state index in [1.807, 2.05) is 6.07 Å². The monoisotopic (exact) mass is 374 g/mol. The Labute approximate surface area is 151 Å². The van der Waals surface area contributed by atoms with Crippen molar-refractivity contribution in [3.05, 3.63) is 83.9 Å². The summed E-state index contributed by atoms with van der Waals surface area (Å²) in [5.74, 6) is -0.746. The van der Waals surface area contributed by atoms with Gasteiger partial charge in [-0.2, -0.15) is 0 Å². The second-order valence-corrected chi connectivity index (χ2v) is 7.24. The molecule has 2 aromatic carbocycles. The molecule has 2 rings (SSSR count). The fraction of sp³-hybridized carbons (Fsp3) is 0.158. The van der Waals surface area contributed by atoms with Gasteiger partial charge in [-0.3, -0.25) is 9.36 Å². The van der Waals surface area contributed by atoms with Gasteiger partial charge in [0.2, 0.25) is 0 Å². The number of esters is 1. The summed E-state index contributed by atoms with van der Waals surface area (Å²) in [6.07, 6.45) is 0.791. The van der Waals surface area contributed by atoms with Crippen LogP contribution in [0, 0.1) is 0 Å². The van der Waals surface area contributed by atoms with Crippen LogP contribution in [0.3, 0.4) is 0 Å². The highest BCUT2D eigenvalue weighted by molar-refractivity contribution is 7.51. The Morgan fingerprint density at radius 2 is 1.62 bits per heavy atom. The standard InChI is InChI=1S/C19H19O6P/c1-2-18(20)24-12-13-25-26(22,23)14-15-8-10-17(11-9-15)19(21)16-6-4-3-5-7-16/h2-11H,1,12-14H2,(H,22,23). The lowest BCUT2D eigenvalue weighted by Crippen LogP contribution is -2.08. The SMILES string of the molecule is C=CC(=O)OCCOP(=O)(O)Cc1ccc(C(=O)c2ccccc2)cc1. The van der Waals surface area contributed by atoms with Crippen LogP contribution in [0.15, 0.2) is 67.3 Å². The Hall–Kier alpha value is -2.53. The van der Waals surface area contributed by atoms with Gasteiger partial charge in [-0.05, 0) is 5.56 Å². The molecule has 0 saturated carbocycles. The predicted octanol–water partition coefficient (Wildman–Crippen LogP) is 3.35. The van der Waals surface area contributed by atoms with Crippen molar-refractivity contribution in [1.29, 1.82) is 0 Å². The number of carbonyl (C=O) groups excluding carboxylic acids is 2. The van der Waals surface area contributed by atoms with Crippen LogP contribution in [-0.2, 0) is 24.8 Å². The van der Waals surface area contributed by atoms with Crippen molar-refractivity contribution < 1.29 is 28.3 Å². The quantitative estimate of drug-likeness (QED) is 0.238. The molecule has 0 aliphatic heterocycles. The van der Waals surface area contributed by atoms with Gasteiger partial charge in [-0.25, -0.2) is 4.79 Å². The molecule has 0 fully saturated rings. The molecule has 136 valence electrons. The predicted molar refractivity (Wildman–Crippen MR) is 97.0 cm³/mol. The van der Waals surface area contributed by atoms with Crippen molar-refractivity contribution in [2.45, 2.75) is 6.16 Å². The highest BCUT2D eigenvalue weighted by atomic mass is 31.2. The van der Waals surface area contributed by atoms with E-state index in [1.54, 1.807) is 48.5 Å². The van der Waals surface area contributed by atoms with E-state index in [0.29, 0.717) is 16.7 Å². The molecule has 0 aliphatic carbocycles. The minimum absolute atomic E-state index is 0.121. The van der Waals surface area contributed by atoms with E-state index in [0.717, 1.165) is 6.08 Å². The number of benzene rings is 2. The molecule has 0 saturated heterocycles. The van der Waals surface area contributed by atoms with E-state index in [4.69, 9.17) is 4.52 Å². The van der Waals surface area contributed by atoms with Gasteiger partial charge in [0.1, 0.15) is 6.61 Å². The fourth-order valence-corrected chi connectivity index (χ4v) is 3.30. The molecule has 0 aliphatic rings. The van der Waals surface area contributed by atoms with Crippen molar-refractivity contribution in [2.24, 2.45) is 0 Å². The first-order chi connectivity index (χ1) is 12.4. The topological polar surface area (TPSA) is 89.9 Å². The Morgan fingerprint density at radius 3 is 2.23 bits per heavy atom. The van der Waals surface area contributed by atoms with Crippen LogP contribution in [0.1, 0.15) is 21.5 Å². The first-order valence-electron chi connectivity index (χ1n) is 7.85. The van der Waals surface area contributed by atoms with E-state index in [1.165, 1.54) is 0 Å². The lowest BCUT2D eigenvalue weighted by molar-refractivity contribution is -0.138. The molecule has 0 amide bonds. The summed E-state index contributed by atoms with van der Waals surface area (Å²) in [7, 11) is -3.88. The summed E-state index contributed by atoms with van der Waals surface area (Å²) in [4.78, 5) is 33.0. The molecular formula is C19H19O6P. The number of rotatable bonds is 9. The molecule has 0 aromatic heterocycles. The van der Waals surface area contributed by atoms with Gasteiger partial charge in [0, 0.05) is 17.2 Å². The summed E-state index contributed by atoms with van der Waals surface area (Å²) in [5.41, 5.74) is 1.62. The lowest BCUT2D eigenvalue weighted by atomic mass is 10.0. The number of hydrogen-bond acceptors (Lipinski definition) is 5. The molecule has 1 unspecified atom stereocenters. The van der Waals surface area contributed by atoms with Gasteiger partial charge in [0.15, 0.2) is 5.78 Å². The van der Waals surface area contributed by atoms with Crippen LogP contribution >= 0.6 is 7.60 Å². The minimum atomic E-state index is -3.88. The first kappa shape index (κ1) is 19.8. The van der Waals surface area contributed by atoms with E-state index >= 15 is 0 Å². The summed E-state index contributed by atoms with van der Waals surface area (Å²) in [6.45, 7) is 2.90. The molecule has 1 N–H and O–H groups in total. The zero-order valence-electron chi connectivity index (χ0n) is 14.0. The Morgan fingerprint density at radius 1 is 1.00 bits per heavy atom. The maximum Gasteiger partial charge on any atom is 0.332 e. The van der Waals surface area contributed by atoms with Crippen LogP contribution < -0.4 is 0 Å². The number of carbonyl (C=O) groups is 2. The van der Waals surface area contributed by atoms with Gasteiger partial charge < -0.3 is 14.2 Å². The summed E-state index contributed by atoms with van der Waals surface area (Å²) >= 11 is 0. The average Bonchev–Trinajstić information content (AvgIpc) is 2.65. The van der Waals surface area contributed by atoms with Crippen molar-refractivity contribution in [2.75, 3.05) is 13.2 Å². The third kappa shape index (κ3) is 6.08. The second-order valence-electron chi connectivity index (χ2n) is 5.39. The van der Waals surface area contributed by atoms with Crippen LogP contribution in [-0.4, -0.2) is 29.9 Å². The number of ketones is 1. The van der Waals surface area contributed by atoms with Crippen molar-refractivity contribution in [1.82, 2.24) is 0 Å². The van der Waals surface area contributed by atoms with Crippen molar-refractivity contribution >= 4 is 19.3 Å². The Bertz CT molecular complexity index is 814. The van der Waals surface area contributed by atoms with Crippen LogP contribution in [0.25, 0.3) is 0 Å². The fourth-order valence-electron chi connectivity index (χ4n) is 2.18. The van der Waals surface area contributed by atoms with E-state index in [2.05, 4.69) is 11.3 Å². The molecule has 0 spiro atoms. The molecule has 0 radical (unpaired) electrons. The molecule has 6 nitrogen and oxygen atoms in total. The smallest absolute Gasteiger partial charge is 0.332 e. The van der Waals surface area contributed by atoms with Crippen LogP contribution in [0.2, 0.25) is 0 Å². The highest BCUT2D eigenvalue weighted by Crippen LogP contribution is 2.45. The molecule has 2 aromatic rings. The third-order valence-electron chi connectivity index (χ3n) is 3.42. The van der Waals surface area contributed by atoms with Crippen molar-refractivity contribution in [3.8, 4) is 0 Å². The van der Waals surface area contributed by atoms with Gasteiger partial charge in [0.25, 0.3) is 0 Å².